The maximum atomic E-state index is 12.4. The molecule has 1 heterocycles. The topological polar surface area (TPSA) is 39.4 Å². The van der Waals surface area contributed by atoms with Crippen molar-refractivity contribution in [2.45, 2.75) is 0 Å². The average molecular weight is 328 g/mol. The Balaban J connectivity index is 1.80. The van der Waals surface area contributed by atoms with Gasteiger partial charge < -0.3 is 9.15 Å². The minimum atomic E-state index is -0.0404. The lowest BCUT2D eigenvalue weighted by molar-refractivity contribution is 0.415. The second-order valence-electron chi connectivity index (χ2n) is 5.78. The Labute approximate surface area is 144 Å². The summed E-state index contributed by atoms with van der Waals surface area (Å²) in [5.41, 5.74) is 1.59. The molecule has 0 aliphatic heterocycles. The molecule has 0 aliphatic carbocycles. The zero-order chi connectivity index (χ0) is 17.2. The van der Waals surface area contributed by atoms with Crippen LogP contribution >= 0.6 is 0 Å². The molecule has 4 rings (SSSR count). The van der Waals surface area contributed by atoms with Crippen LogP contribution < -0.4 is 10.2 Å². The number of ether oxygens (including phenoxy) is 1. The minimum absolute atomic E-state index is 0.0404. The highest BCUT2D eigenvalue weighted by Crippen LogP contribution is 2.24. The minimum Gasteiger partial charge on any atom is -0.497 e. The van der Waals surface area contributed by atoms with Crippen molar-refractivity contribution in [1.82, 2.24) is 0 Å². The van der Waals surface area contributed by atoms with Gasteiger partial charge in [-0.15, -0.1) is 0 Å². The fourth-order valence-corrected chi connectivity index (χ4v) is 2.88. The van der Waals surface area contributed by atoms with Crippen LogP contribution in [-0.2, 0) is 0 Å². The molecule has 3 aromatic carbocycles. The summed E-state index contributed by atoms with van der Waals surface area (Å²) < 4.78 is 11.2. The SMILES string of the molecule is COc1ccc(/C=C/c2cc(=O)c3ccc4ccccc4c3o2)cc1. The Bertz CT molecular complexity index is 1140. The first-order valence-corrected chi connectivity index (χ1v) is 8.02. The summed E-state index contributed by atoms with van der Waals surface area (Å²) in [6.07, 6.45) is 3.72. The molecule has 0 amide bonds. The lowest BCUT2D eigenvalue weighted by Gasteiger charge is -2.04. The molecule has 122 valence electrons. The van der Waals surface area contributed by atoms with Crippen molar-refractivity contribution in [2.24, 2.45) is 0 Å². The number of methoxy groups -OCH3 is 1. The van der Waals surface area contributed by atoms with Crippen molar-refractivity contribution in [3.8, 4) is 5.75 Å². The number of hydrogen-bond donors (Lipinski definition) is 0. The van der Waals surface area contributed by atoms with Gasteiger partial charge in [-0.25, -0.2) is 0 Å². The third kappa shape index (κ3) is 2.92. The molecule has 0 bridgehead atoms. The summed E-state index contributed by atoms with van der Waals surface area (Å²) in [7, 11) is 1.64. The number of hydrogen-bond acceptors (Lipinski definition) is 3. The molecule has 4 aromatic rings. The zero-order valence-corrected chi connectivity index (χ0v) is 13.7. The molecule has 0 radical (unpaired) electrons. The molecule has 3 nitrogen and oxygen atoms in total. The van der Waals surface area contributed by atoms with Crippen LogP contribution in [-0.4, -0.2) is 7.11 Å². The zero-order valence-electron chi connectivity index (χ0n) is 13.7. The van der Waals surface area contributed by atoms with Crippen molar-refractivity contribution in [1.29, 1.82) is 0 Å². The number of benzene rings is 3. The third-order valence-corrected chi connectivity index (χ3v) is 4.19. The van der Waals surface area contributed by atoms with Crippen LogP contribution in [0.5, 0.6) is 5.75 Å². The normalized spacial score (nSPS) is 11.4. The van der Waals surface area contributed by atoms with E-state index in [4.69, 9.17) is 9.15 Å². The summed E-state index contributed by atoms with van der Waals surface area (Å²) in [4.78, 5) is 12.4. The molecule has 0 unspecified atom stereocenters. The van der Waals surface area contributed by atoms with Crippen LogP contribution in [0, 0.1) is 0 Å². The van der Waals surface area contributed by atoms with Gasteiger partial charge in [0.1, 0.15) is 17.1 Å². The Kier molecular flexibility index (Phi) is 3.82. The van der Waals surface area contributed by atoms with E-state index in [-0.39, 0.29) is 5.43 Å². The molecule has 0 spiro atoms. The number of fused-ring (bicyclic) bond motifs is 3. The molecular weight excluding hydrogens is 312 g/mol. The van der Waals surface area contributed by atoms with E-state index >= 15 is 0 Å². The second-order valence-corrected chi connectivity index (χ2v) is 5.78. The van der Waals surface area contributed by atoms with Crippen molar-refractivity contribution >= 4 is 33.9 Å². The average Bonchev–Trinajstić information content (AvgIpc) is 2.66. The van der Waals surface area contributed by atoms with Gasteiger partial charge in [0.25, 0.3) is 0 Å². The lowest BCUT2D eigenvalue weighted by atomic mass is 10.1. The van der Waals surface area contributed by atoms with E-state index in [0.717, 1.165) is 22.1 Å². The summed E-state index contributed by atoms with van der Waals surface area (Å²) >= 11 is 0. The quantitative estimate of drug-likeness (QED) is 0.490. The predicted octanol–water partition coefficient (Wildman–Crippen LogP) is 5.13. The van der Waals surface area contributed by atoms with E-state index in [9.17, 15) is 4.79 Å². The van der Waals surface area contributed by atoms with Crippen LogP contribution in [0.2, 0.25) is 0 Å². The maximum absolute atomic E-state index is 12.4. The molecular formula is C22H16O3. The van der Waals surface area contributed by atoms with Crippen LogP contribution in [0.15, 0.2) is 75.9 Å². The first kappa shape index (κ1) is 15.2. The monoisotopic (exact) mass is 328 g/mol. The summed E-state index contributed by atoms with van der Waals surface area (Å²) in [5.74, 6) is 1.34. The smallest absolute Gasteiger partial charge is 0.193 e. The van der Waals surface area contributed by atoms with Gasteiger partial charge >= 0.3 is 0 Å². The molecule has 0 N–H and O–H groups in total. The molecule has 0 atom stereocenters. The van der Waals surface area contributed by atoms with E-state index in [1.165, 1.54) is 6.07 Å². The van der Waals surface area contributed by atoms with Gasteiger partial charge in [0.15, 0.2) is 5.43 Å². The first-order valence-electron chi connectivity index (χ1n) is 8.02. The standard InChI is InChI=1S/C22H16O3/c1-24-17-10-6-15(7-11-17)8-12-18-14-21(23)20-13-9-16-4-2-3-5-19(16)22(20)25-18/h2-14H,1H3/b12-8+. The van der Waals surface area contributed by atoms with E-state index in [0.29, 0.717) is 16.7 Å². The van der Waals surface area contributed by atoms with Crippen molar-refractivity contribution in [3.05, 3.63) is 88.3 Å². The van der Waals surface area contributed by atoms with Gasteiger partial charge in [0.05, 0.1) is 12.5 Å². The summed E-state index contributed by atoms with van der Waals surface area (Å²) in [6.45, 7) is 0. The molecule has 3 heteroatoms. The van der Waals surface area contributed by atoms with E-state index in [1.54, 1.807) is 7.11 Å². The van der Waals surface area contributed by atoms with Crippen LogP contribution in [0.25, 0.3) is 33.9 Å². The highest BCUT2D eigenvalue weighted by atomic mass is 16.5. The van der Waals surface area contributed by atoms with Crippen molar-refractivity contribution in [2.75, 3.05) is 7.11 Å². The lowest BCUT2D eigenvalue weighted by Crippen LogP contribution is -2.00. The highest BCUT2D eigenvalue weighted by molar-refractivity contribution is 6.04. The van der Waals surface area contributed by atoms with Crippen LogP contribution in [0.4, 0.5) is 0 Å². The van der Waals surface area contributed by atoms with E-state index < -0.39 is 0 Å². The van der Waals surface area contributed by atoms with Gasteiger partial charge in [0.2, 0.25) is 0 Å². The fraction of sp³-hybridized carbons (Fsp3) is 0.0455. The molecule has 0 saturated heterocycles. The summed E-state index contributed by atoms with van der Waals surface area (Å²) in [5, 5.41) is 2.59. The van der Waals surface area contributed by atoms with Gasteiger partial charge in [-0.3, -0.25) is 4.79 Å². The molecule has 0 saturated carbocycles. The summed E-state index contributed by atoms with van der Waals surface area (Å²) in [6, 6.07) is 20.9. The Morgan fingerprint density at radius 1 is 0.880 bits per heavy atom. The van der Waals surface area contributed by atoms with Crippen LogP contribution in [0.3, 0.4) is 0 Å². The van der Waals surface area contributed by atoms with Crippen molar-refractivity contribution in [3.63, 3.8) is 0 Å². The van der Waals surface area contributed by atoms with Gasteiger partial charge in [-0.2, -0.15) is 0 Å². The first-order chi connectivity index (χ1) is 12.2. The highest BCUT2D eigenvalue weighted by Gasteiger charge is 2.07. The Morgan fingerprint density at radius 3 is 2.48 bits per heavy atom. The van der Waals surface area contributed by atoms with Gasteiger partial charge in [-0.05, 0) is 35.2 Å². The van der Waals surface area contributed by atoms with E-state index in [2.05, 4.69) is 0 Å². The Hall–Kier alpha value is -3.33. The van der Waals surface area contributed by atoms with E-state index in [1.807, 2.05) is 72.8 Å². The molecule has 25 heavy (non-hydrogen) atoms. The predicted molar refractivity (Wildman–Crippen MR) is 102 cm³/mol. The van der Waals surface area contributed by atoms with Gasteiger partial charge in [-0.1, -0.05) is 48.5 Å². The third-order valence-electron chi connectivity index (χ3n) is 4.19. The number of rotatable bonds is 3. The maximum Gasteiger partial charge on any atom is 0.193 e. The van der Waals surface area contributed by atoms with Crippen LogP contribution in [0.1, 0.15) is 11.3 Å². The molecule has 0 aliphatic rings. The molecule has 1 aromatic heterocycles. The van der Waals surface area contributed by atoms with Crippen molar-refractivity contribution < 1.29 is 9.15 Å². The second kappa shape index (κ2) is 6.29. The fourth-order valence-electron chi connectivity index (χ4n) is 2.88. The van der Waals surface area contributed by atoms with Gasteiger partial charge in [0, 0.05) is 11.5 Å². The largest absolute Gasteiger partial charge is 0.497 e. The molecule has 0 fully saturated rings. The Morgan fingerprint density at radius 2 is 1.68 bits per heavy atom.